The summed E-state index contributed by atoms with van der Waals surface area (Å²) in [5, 5.41) is 9.60. The zero-order chi connectivity index (χ0) is 13.3. The predicted octanol–water partition coefficient (Wildman–Crippen LogP) is 3.31. The number of hydrogen-bond acceptors (Lipinski definition) is 3. The van der Waals surface area contributed by atoms with Gasteiger partial charge in [-0.1, -0.05) is 41.5 Å². The lowest BCUT2D eigenvalue weighted by atomic mass is 9.83. The van der Waals surface area contributed by atoms with Gasteiger partial charge in [-0.2, -0.15) is 0 Å². The van der Waals surface area contributed by atoms with Crippen LogP contribution in [0.3, 0.4) is 0 Å². The third-order valence-electron chi connectivity index (χ3n) is 2.82. The fraction of sp³-hybridized carbons (Fsp3) is 1.00. The molecular weight excluding hydrogens is 216 g/mol. The highest BCUT2D eigenvalue weighted by Gasteiger charge is 2.33. The SMILES string of the molecule is CC(C)(C)CC1CC(CC(C)(C)C)OC(O)O1. The van der Waals surface area contributed by atoms with E-state index in [1.165, 1.54) is 0 Å². The zero-order valence-electron chi connectivity index (χ0n) is 12.1. The molecule has 1 rings (SSSR count). The molecular formula is C14H28O3. The largest absolute Gasteiger partial charge is 0.346 e. The first kappa shape index (κ1) is 14.9. The average Bonchev–Trinajstić information content (AvgIpc) is 1.93. The van der Waals surface area contributed by atoms with Crippen molar-refractivity contribution in [2.24, 2.45) is 10.8 Å². The van der Waals surface area contributed by atoms with Crippen molar-refractivity contribution in [2.45, 2.75) is 79.5 Å². The lowest BCUT2D eigenvalue weighted by molar-refractivity contribution is -0.338. The lowest BCUT2D eigenvalue weighted by Crippen LogP contribution is -2.41. The van der Waals surface area contributed by atoms with E-state index in [1.807, 2.05) is 0 Å². The first-order valence-corrected chi connectivity index (χ1v) is 6.54. The number of rotatable bonds is 2. The molecule has 17 heavy (non-hydrogen) atoms. The molecule has 2 atom stereocenters. The first-order valence-electron chi connectivity index (χ1n) is 6.54. The van der Waals surface area contributed by atoms with Crippen molar-refractivity contribution in [2.75, 3.05) is 0 Å². The van der Waals surface area contributed by atoms with E-state index in [9.17, 15) is 5.11 Å². The number of aliphatic hydroxyl groups excluding tert-OH is 1. The van der Waals surface area contributed by atoms with Gasteiger partial charge in [0.2, 0.25) is 0 Å². The minimum atomic E-state index is -1.05. The molecule has 2 unspecified atom stereocenters. The summed E-state index contributed by atoms with van der Waals surface area (Å²) in [5.74, 6) is 0. The zero-order valence-corrected chi connectivity index (χ0v) is 12.1. The van der Waals surface area contributed by atoms with Crippen LogP contribution in [0.25, 0.3) is 0 Å². The van der Waals surface area contributed by atoms with Crippen molar-refractivity contribution in [3.63, 3.8) is 0 Å². The fourth-order valence-electron chi connectivity index (χ4n) is 2.39. The van der Waals surface area contributed by atoms with Crippen molar-refractivity contribution in [1.29, 1.82) is 0 Å². The van der Waals surface area contributed by atoms with Gasteiger partial charge in [-0.25, -0.2) is 0 Å². The van der Waals surface area contributed by atoms with E-state index >= 15 is 0 Å². The maximum atomic E-state index is 9.60. The van der Waals surface area contributed by atoms with Crippen LogP contribution < -0.4 is 0 Å². The van der Waals surface area contributed by atoms with Gasteiger partial charge in [0.25, 0.3) is 6.48 Å². The Labute approximate surface area is 105 Å². The number of ether oxygens (including phenoxy) is 2. The van der Waals surface area contributed by atoms with E-state index in [0.29, 0.717) is 0 Å². The number of hydrogen-bond donors (Lipinski definition) is 1. The van der Waals surface area contributed by atoms with Crippen LogP contribution in [-0.4, -0.2) is 23.8 Å². The highest BCUT2D eigenvalue weighted by Crippen LogP contribution is 2.33. The van der Waals surface area contributed by atoms with Gasteiger partial charge in [0.05, 0.1) is 12.2 Å². The van der Waals surface area contributed by atoms with Gasteiger partial charge >= 0.3 is 0 Å². The molecule has 0 bridgehead atoms. The summed E-state index contributed by atoms with van der Waals surface area (Å²) >= 11 is 0. The van der Waals surface area contributed by atoms with Crippen LogP contribution >= 0.6 is 0 Å². The van der Waals surface area contributed by atoms with E-state index in [1.54, 1.807) is 0 Å². The quantitative estimate of drug-likeness (QED) is 0.810. The first-order chi connectivity index (χ1) is 7.55. The second-order valence-corrected chi connectivity index (χ2v) is 7.59. The van der Waals surface area contributed by atoms with Gasteiger partial charge in [-0.15, -0.1) is 0 Å². The monoisotopic (exact) mass is 244 g/mol. The van der Waals surface area contributed by atoms with Crippen molar-refractivity contribution in [1.82, 2.24) is 0 Å². The van der Waals surface area contributed by atoms with Gasteiger partial charge in [-0.3, -0.25) is 0 Å². The molecule has 1 N–H and O–H groups in total. The van der Waals surface area contributed by atoms with Crippen LogP contribution in [-0.2, 0) is 9.47 Å². The van der Waals surface area contributed by atoms with Crippen molar-refractivity contribution < 1.29 is 14.6 Å². The molecule has 1 aliphatic rings. The molecule has 0 saturated carbocycles. The molecule has 1 heterocycles. The summed E-state index contributed by atoms with van der Waals surface area (Å²) in [6.07, 6.45) is 2.99. The molecule has 0 aliphatic carbocycles. The maximum absolute atomic E-state index is 9.60. The minimum absolute atomic E-state index is 0.103. The highest BCUT2D eigenvalue weighted by atomic mass is 16.8. The minimum Gasteiger partial charge on any atom is -0.346 e. The normalized spacial score (nSPS) is 31.6. The molecule has 0 aromatic rings. The number of aliphatic hydroxyl groups is 1. The summed E-state index contributed by atoms with van der Waals surface area (Å²) in [6, 6.07) is 0. The maximum Gasteiger partial charge on any atom is 0.269 e. The Morgan fingerprint density at radius 1 is 0.882 bits per heavy atom. The van der Waals surface area contributed by atoms with Gasteiger partial charge in [0, 0.05) is 6.42 Å². The molecule has 0 amide bonds. The molecule has 3 heteroatoms. The molecule has 0 radical (unpaired) electrons. The van der Waals surface area contributed by atoms with Crippen molar-refractivity contribution in [3.8, 4) is 0 Å². The smallest absolute Gasteiger partial charge is 0.269 e. The lowest BCUT2D eigenvalue weighted by Gasteiger charge is -2.38. The standard InChI is InChI=1S/C14H28O3/c1-13(2,3)8-10-7-11(9-14(4,5)6)17-12(15)16-10/h10-12,15H,7-9H2,1-6H3. The molecule has 3 nitrogen and oxygen atoms in total. The third kappa shape index (κ3) is 6.39. The predicted molar refractivity (Wildman–Crippen MR) is 68.5 cm³/mol. The van der Waals surface area contributed by atoms with E-state index < -0.39 is 6.48 Å². The van der Waals surface area contributed by atoms with Crippen LogP contribution in [0.4, 0.5) is 0 Å². The van der Waals surface area contributed by atoms with Crippen LogP contribution in [0.5, 0.6) is 0 Å². The summed E-state index contributed by atoms with van der Waals surface area (Å²) in [4.78, 5) is 0. The van der Waals surface area contributed by atoms with Gasteiger partial charge in [-0.05, 0) is 23.7 Å². The molecule has 1 fully saturated rings. The summed E-state index contributed by atoms with van der Waals surface area (Å²) in [7, 11) is 0. The fourth-order valence-corrected chi connectivity index (χ4v) is 2.39. The highest BCUT2D eigenvalue weighted by molar-refractivity contribution is 4.78. The third-order valence-corrected chi connectivity index (χ3v) is 2.82. The van der Waals surface area contributed by atoms with Gasteiger partial charge in [0.15, 0.2) is 0 Å². The average molecular weight is 244 g/mol. The second-order valence-electron chi connectivity index (χ2n) is 7.59. The molecule has 1 aliphatic heterocycles. The topological polar surface area (TPSA) is 38.7 Å². The summed E-state index contributed by atoms with van der Waals surface area (Å²) in [6.45, 7) is 12.1. The van der Waals surface area contributed by atoms with Crippen LogP contribution in [0.15, 0.2) is 0 Å². The Hall–Kier alpha value is -0.120. The van der Waals surface area contributed by atoms with Crippen LogP contribution in [0.1, 0.15) is 60.8 Å². The summed E-state index contributed by atoms with van der Waals surface area (Å²) in [5.41, 5.74) is 0.433. The Balaban J connectivity index is 2.53. The second kappa shape index (κ2) is 5.25. The molecule has 0 spiro atoms. The Kier molecular flexibility index (Phi) is 4.61. The Morgan fingerprint density at radius 2 is 1.24 bits per heavy atom. The summed E-state index contributed by atoms with van der Waals surface area (Å²) < 4.78 is 10.9. The van der Waals surface area contributed by atoms with E-state index in [4.69, 9.17) is 9.47 Å². The van der Waals surface area contributed by atoms with E-state index in [0.717, 1.165) is 19.3 Å². The van der Waals surface area contributed by atoms with Gasteiger partial charge < -0.3 is 14.6 Å². The molecule has 102 valence electrons. The van der Waals surface area contributed by atoms with Crippen molar-refractivity contribution >= 4 is 0 Å². The Bertz CT molecular complexity index is 213. The van der Waals surface area contributed by atoms with Crippen LogP contribution in [0.2, 0.25) is 0 Å². The van der Waals surface area contributed by atoms with Crippen LogP contribution in [0, 0.1) is 10.8 Å². The van der Waals surface area contributed by atoms with E-state index in [2.05, 4.69) is 41.5 Å². The Morgan fingerprint density at radius 3 is 1.53 bits per heavy atom. The molecule has 0 aromatic carbocycles. The molecule has 0 aromatic heterocycles. The van der Waals surface area contributed by atoms with Crippen molar-refractivity contribution in [3.05, 3.63) is 0 Å². The van der Waals surface area contributed by atoms with Gasteiger partial charge in [0.1, 0.15) is 0 Å². The molecule has 1 saturated heterocycles. The van der Waals surface area contributed by atoms with E-state index in [-0.39, 0.29) is 23.0 Å².